The number of carbonyl (C=O) groups excluding carboxylic acids is 1. The molecule has 26 heavy (non-hydrogen) atoms. The van der Waals surface area contributed by atoms with Crippen LogP contribution < -0.4 is 10.2 Å². The molecule has 0 unspecified atom stereocenters. The van der Waals surface area contributed by atoms with Crippen molar-refractivity contribution in [2.45, 2.75) is 6.42 Å². The monoisotopic (exact) mass is 365 g/mol. The van der Waals surface area contributed by atoms with E-state index in [1.165, 1.54) is 0 Å². The number of nitrogens with zero attached hydrogens (tertiary/aromatic N) is 2. The molecule has 0 atom stereocenters. The highest BCUT2D eigenvalue weighted by Crippen LogP contribution is 2.21. The van der Waals surface area contributed by atoms with Crippen LogP contribution in [0.5, 0.6) is 0 Å². The fourth-order valence-corrected chi connectivity index (χ4v) is 2.73. The van der Waals surface area contributed by atoms with Crippen molar-refractivity contribution >= 4 is 29.0 Å². The molecule has 1 N–H and O–H groups in total. The number of amides is 1. The zero-order valence-electron chi connectivity index (χ0n) is 14.5. The van der Waals surface area contributed by atoms with Gasteiger partial charge in [0.05, 0.1) is 0 Å². The number of pyridine rings is 1. The Morgan fingerprint density at radius 2 is 1.81 bits per heavy atom. The first-order chi connectivity index (χ1) is 12.6. The van der Waals surface area contributed by atoms with Crippen LogP contribution in [0.15, 0.2) is 72.9 Å². The summed E-state index contributed by atoms with van der Waals surface area (Å²) in [6.07, 6.45) is 2.41. The number of anilines is 2. The SMILES string of the molecule is CN(c1ccccc1)c1cc(C(=O)NCCc2ccc(Cl)cc2)ccn1. The lowest BCUT2D eigenvalue weighted by Crippen LogP contribution is -2.26. The molecule has 132 valence electrons. The Morgan fingerprint density at radius 1 is 1.08 bits per heavy atom. The van der Waals surface area contributed by atoms with E-state index in [2.05, 4.69) is 10.3 Å². The van der Waals surface area contributed by atoms with Gasteiger partial charge >= 0.3 is 0 Å². The van der Waals surface area contributed by atoms with Gasteiger partial charge in [0, 0.05) is 36.1 Å². The lowest BCUT2D eigenvalue weighted by Gasteiger charge is -2.18. The standard InChI is InChI=1S/C21H20ClN3O/c1-25(19-5-3-2-4-6-19)20-15-17(12-14-23-20)21(26)24-13-11-16-7-9-18(22)10-8-16/h2-10,12,14-15H,11,13H2,1H3,(H,24,26). The normalized spacial score (nSPS) is 10.4. The number of nitrogens with one attached hydrogen (secondary N) is 1. The second-order valence-corrected chi connectivity index (χ2v) is 6.37. The van der Waals surface area contributed by atoms with Crippen LogP contribution in [0.1, 0.15) is 15.9 Å². The molecule has 2 aromatic carbocycles. The number of para-hydroxylation sites is 1. The van der Waals surface area contributed by atoms with Gasteiger partial charge < -0.3 is 10.2 Å². The molecule has 0 spiro atoms. The quantitative estimate of drug-likeness (QED) is 0.700. The Balaban J connectivity index is 1.62. The van der Waals surface area contributed by atoms with Gasteiger partial charge in [-0.25, -0.2) is 4.98 Å². The van der Waals surface area contributed by atoms with Gasteiger partial charge in [-0.15, -0.1) is 0 Å². The van der Waals surface area contributed by atoms with Crippen LogP contribution in [0.25, 0.3) is 0 Å². The summed E-state index contributed by atoms with van der Waals surface area (Å²) in [5.41, 5.74) is 2.74. The molecular weight excluding hydrogens is 346 g/mol. The van der Waals surface area contributed by atoms with Crippen molar-refractivity contribution in [2.75, 3.05) is 18.5 Å². The van der Waals surface area contributed by atoms with Crippen molar-refractivity contribution in [1.29, 1.82) is 0 Å². The van der Waals surface area contributed by atoms with Crippen molar-refractivity contribution in [3.05, 3.63) is 89.1 Å². The van der Waals surface area contributed by atoms with E-state index in [1.807, 2.05) is 66.5 Å². The summed E-state index contributed by atoms with van der Waals surface area (Å²) in [4.78, 5) is 18.7. The molecule has 0 saturated carbocycles. The van der Waals surface area contributed by atoms with Crippen LogP contribution in [-0.4, -0.2) is 24.5 Å². The molecule has 0 aliphatic heterocycles. The molecule has 3 aromatic rings. The number of benzene rings is 2. The van der Waals surface area contributed by atoms with Gasteiger partial charge in [-0.1, -0.05) is 41.9 Å². The minimum atomic E-state index is -0.107. The van der Waals surface area contributed by atoms with E-state index in [0.717, 1.165) is 23.5 Å². The smallest absolute Gasteiger partial charge is 0.251 e. The topological polar surface area (TPSA) is 45.2 Å². The first-order valence-electron chi connectivity index (χ1n) is 8.41. The summed E-state index contributed by atoms with van der Waals surface area (Å²) >= 11 is 5.88. The third-order valence-corrected chi connectivity index (χ3v) is 4.36. The molecule has 0 bridgehead atoms. The van der Waals surface area contributed by atoms with Crippen LogP contribution in [0.3, 0.4) is 0 Å². The molecule has 0 radical (unpaired) electrons. The highest BCUT2D eigenvalue weighted by atomic mass is 35.5. The van der Waals surface area contributed by atoms with Crippen LogP contribution in [-0.2, 0) is 6.42 Å². The molecule has 4 nitrogen and oxygen atoms in total. The van der Waals surface area contributed by atoms with Crippen molar-refractivity contribution in [1.82, 2.24) is 10.3 Å². The van der Waals surface area contributed by atoms with E-state index in [9.17, 15) is 4.79 Å². The molecule has 1 heterocycles. The Labute approximate surface area is 158 Å². The van der Waals surface area contributed by atoms with Gasteiger partial charge in [0.2, 0.25) is 0 Å². The Kier molecular flexibility index (Phi) is 5.87. The van der Waals surface area contributed by atoms with Crippen LogP contribution in [0, 0.1) is 0 Å². The highest BCUT2D eigenvalue weighted by molar-refractivity contribution is 6.30. The van der Waals surface area contributed by atoms with E-state index in [0.29, 0.717) is 17.1 Å². The third-order valence-electron chi connectivity index (χ3n) is 4.11. The summed E-state index contributed by atoms with van der Waals surface area (Å²) in [5.74, 6) is 0.616. The number of hydrogen-bond acceptors (Lipinski definition) is 3. The maximum atomic E-state index is 12.4. The fourth-order valence-electron chi connectivity index (χ4n) is 2.60. The van der Waals surface area contributed by atoms with E-state index in [-0.39, 0.29) is 5.91 Å². The van der Waals surface area contributed by atoms with E-state index in [1.54, 1.807) is 18.3 Å². The molecular formula is C21H20ClN3O. The maximum absolute atomic E-state index is 12.4. The fraction of sp³-hybridized carbons (Fsp3) is 0.143. The molecule has 0 aliphatic rings. The van der Waals surface area contributed by atoms with Gasteiger partial charge in [-0.2, -0.15) is 0 Å². The van der Waals surface area contributed by atoms with Gasteiger partial charge in [0.1, 0.15) is 5.82 Å². The van der Waals surface area contributed by atoms with Gasteiger partial charge in [-0.05, 0) is 48.4 Å². The largest absolute Gasteiger partial charge is 0.352 e. The zero-order chi connectivity index (χ0) is 18.4. The summed E-state index contributed by atoms with van der Waals surface area (Å²) in [6.45, 7) is 0.562. The van der Waals surface area contributed by atoms with Crippen molar-refractivity contribution in [3.63, 3.8) is 0 Å². The average molecular weight is 366 g/mol. The average Bonchev–Trinajstić information content (AvgIpc) is 2.69. The summed E-state index contributed by atoms with van der Waals surface area (Å²) < 4.78 is 0. The number of aromatic nitrogens is 1. The van der Waals surface area contributed by atoms with Gasteiger partial charge in [-0.3, -0.25) is 4.79 Å². The summed E-state index contributed by atoms with van der Waals surface area (Å²) in [7, 11) is 1.93. The van der Waals surface area contributed by atoms with Crippen molar-refractivity contribution in [2.24, 2.45) is 0 Å². The second-order valence-electron chi connectivity index (χ2n) is 5.93. The van der Waals surface area contributed by atoms with E-state index < -0.39 is 0 Å². The van der Waals surface area contributed by atoms with Crippen LogP contribution in [0.4, 0.5) is 11.5 Å². The zero-order valence-corrected chi connectivity index (χ0v) is 15.3. The van der Waals surface area contributed by atoms with E-state index in [4.69, 9.17) is 11.6 Å². The second kappa shape index (κ2) is 8.50. The molecule has 0 saturated heterocycles. The highest BCUT2D eigenvalue weighted by Gasteiger charge is 2.10. The molecule has 0 aliphatic carbocycles. The van der Waals surface area contributed by atoms with Crippen LogP contribution >= 0.6 is 11.6 Å². The molecule has 5 heteroatoms. The van der Waals surface area contributed by atoms with Gasteiger partial charge in [0.15, 0.2) is 0 Å². The van der Waals surface area contributed by atoms with Crippen LogP contribution in [0.2, 0.25) is 5.02 Å². The predicted octanol–water partition coefficient (Wildman–Crippen LogP) is 4.48. The van der Waals surface area contributed by atoms with E-state index >= 15 is 0 Å². The predicted molar refractivity (Wildman–Crippen MR) is 106 cm³/mol. The van der Waals surface area contributed by atoms with Crippen molar-refractivity contribution in [3.8, 4) is 0 Å². The molecule has 1 amide bonds. The Bertz CT molecular complexity index is 866. The Hall–Kier alpha value is -2.85. The molecule has 1 aromatic heterocycles. The minimum Gasteiger partial charge on any atom is -0.352 e. The maximum Gasteiger partial charge on any atom is 0.251 e. The number of hydrogen-bond donors (Lipinski definition) is 1. The van der Waals surface area contributed by atoms with Gasteiger partial charge in [0.25, 0.3) is 5.91 Å². The number of halogens is 1. The summed E-state index contributed by atoms with van der Waals surface area (Å²) in [5, 5.41) is 3.66. The number of rotatable bonds is 6. The minimum absolute atomic E-state index is 0.107. The lowest BCUT2D eigenvalue weighted by molar-refractivity contribution is 0.0954. The molecule has 3 rings (SSSR count). The first kappa shape index (κ1) is 18.0. The molecule has 0 fully saturated rings. The summed E-state index contributed by atoms with van der Waals surface area (Å²) in [6, 6.07) is 21.1. The van der Waals surface area contributed by atoms with Crippen molar-refractivity contribution < 1.29 is 4.79 Å². The first-order valence-corrected chi connectivity index (χ1v) is 8.79. The Morgan fingerprint density at radius 3 is 2.54 bits per heavy atom. The number of carbonyl (C=O) groups is 1. The third kappa shape index (κ3) is 4.61. The lowest BCUT2D eigenvalue weighted by atomic mass is 10.1.